The van der Waals surface area contributed by atoms with E-state index in [-0.39, 0.29) is 53.7 Å². The Morgan fingerprint density at radius 3 is 2.13 bits per heavy atom. The molecule has 1 unspecified atom stereocenters. The van der Waals surface area contributed by atoms with E-state index in [2.05, 4.69) is 10.2 Å². The van der Waals surface area contributed by atoms with Gasteiger partial charge in [0, 0.05) is 19.2 Å². The van der Waals surface area contributed by atoms with Crippen LogP contribution in [-0.2, 0) is 23.9 Å². The minimum atomic E-state index is -0.660. The number of likely N-dealkylation sites (tertiary alicyclic amines) is 2. The van der Waals surface area contributed by atoms with E-state index < -0.39 is 12.1 Å². The molecule has 2 aliphatic heterocycles. The van der Waals surface area contributed by atoms with Crippen molar-refractivity contribution in [1.29, 1.82) is 0 Å². The molecule has 3 aliphatic rings. The van der Waals surface area contributed by atoms with Crippen molar-refractivity contribution in [3.05, 3.63) is 11.6 Å². The van der Waals surface area contributed by atoms with Gasteiger partial charge in [-0.15, -0.1) is 0 Å². The van der Waals surface area contributed by atoms with Gasteiger partial charge in [0.2, 0.25) is 17.7 Å². The lowest BCUT2D eigenvalue weighted by atomic mass is 9.95. The van der Waals surface area contributed by atoms with Crippen LogP contribution in [0, 0.1) is 11.8 Å². The van der Waals surface area contributed by atoms with Gasteiger partial charge in [-0.2, -0.15) is 0 Å². The van der Waals surface area contributed by atoms with Crippen LogP contribution in [0.4, 0.5) is 0 Å². The molecule has 3 fully saturated rings. The molecule has 3 rings (SSSR count). The van der Waals surface area contributed by atoms with Crippen molar-refractivity contribution < 1.29 is 23.9 Å². The zero-order valence-corrected chi connectivity index (χ0v) is 25.1. The Morgan fingerprint density at radius 2 is 1.56 bits per heavy atom. The van der Waals surface area contributed by atoms with Gasteiger partial charge in [0.1, 0.15) is 18.2 Å². The first-order valence-corrected chi connectivity index (χ1v) is 14.9. The molecule has 3 amide bonds. The minimum absolute atomic E-state index is 0.00965. The first kappa shape index (κ1) is 31.1. The van der Waals surface area contributed by atoms with Crippen LogP contribution in [0.5, 0.6) is 0 Å². The van der Waals surface area contributed by atoms with Crippen LogP contribution in [0.3, 0.4) is 0 Å². The summed E-state index contributed by atoms with van der Waals surface area (Å²) >= 11 is 0. The third kappa shape index (κ3) is 7.62. The number of amides is 3. The molecule has 2 saturated heterocycles. The van der Waals surface area contributed by atoms with Gasteiger partial charge in [-0.25, -0.2) is 4.79 Å². The number of ether oxygens (including phenoxy) is 1. The van der Waals surface area contributed by atoms with E-state index >= 15 is 0 Å². The number of rotatable bonds is 10. The van der Waals surface area contributed by atoms with Crippen LogP contribution in [0.25, 0.3) is 0 Å². The molecule has 9 heteroatoms. The van der Waals surface area contributed by atoms with Crippen molar-refractivity contribution in [3.8, 4) is 0 Å². The third-order valence-electron chi connectivity index (χ3n) is 8.66. The molecule has 0 aromatic rings. The van der Waals surface area contributed by atoms with E-state index in [4.69, 9.17) is 4.74 Å². The number of hydrogen-bond donors (Lipinski definition) is 1. The number of hydrogen-bond acceptors (Lipinski definition) is 6. The maximum atomic E-state index is 13.7. The second-order valence-electron chi connectivity index (χ2n) is 12.4. The molecule has 0 radical (unpaired) electrons. The molecule has 2 heterocycles. The van der Waals surface area contributed by atoms with Gasteiger partial charge >= 0.3 is 5.97 Å². The Morgan fingerprint density at radius 1 is 0.897 bits per heavy atom. The molecule has 1 N–H and O–H groups in total. The van der Waals surface area contributed by atoms with Gasteiger partial charge in [0.05, 0.1) is 12.1 Å². The fraction of sp³-hybridized carbons (Fsp3) is 0.800. The van der Waals surface area contributed by atoms with Crippen molar-refractivity contribution in [2.75, 3.05) is 27.2 Å². The Bertz CT molecular complexity index is 928. The van der Waals surface area contributed by atoms with E-state index in [0.29, 0.717) is 18.5 Å². The highest BCUT2D eigenvalue weighted by molar-refractivity contribution is 5.96. The summed E-state index contributed by atoms with van der Waals surface area (Å²) in [4.78, 5) is 58.4. The van der Waals surface area contributed by atoms with Gasteiger partial charge in [0.25, 0.3) is 0 Å². The van der Waals surface area contributed by atoms with Crippen molar-refractivity contribution >= 4 is 23.7 Å². The summed E-state index contributed by atoms with van der Waals surface area (Å²) in [5.41, 5.74) is 0.505. The summed E-state index contributed by atoms with van der Waals surface area (Å²) < 4.78 is 5.61. The first-order valence-electron chi connectivity index (χ1n) is 14.9. The monoisotopic (exact) mass is 546 g/mol. The number of likely N-dealkylation sites (N-methyl/N-ethyl adjacent to an activating group) is 2. The maximum absolute atomic E-state index is 13.7. The fourth-order valence-electron chi connectivity index (χ4n) is 5.83. The second-order valence-corrected chi connectivity index (χ2v) is 12.4. The average molecular weight is 547 g/mol. The highest BCUT2D eigenvalue weighted by Gasteiger charge is 2.38. The zero-order chi connectivity index (χ0) is 28.9. The van der Waals surface area contributed by atoms with Crippen molar-refractivity contribution in [1.82, 2.24) is 20.0 Å². The second kappa shape index (κ2) is 13.8. The van der Waals surface area contributed by atoms with Gasteiger partial charge < -0.3 is 19.9 Å². The number of esters is 1. The number of nitrogens with zero attached hydrogens (tertiary/aromatic N) is 3. The molecule has 0 bridgehead atoms. The Hall–Kier alpha value is -2.42. The Balaban J connectivity index is 1.71. The molecular weight excluding hydrogens is 496 g/mol. The van der Waals surface area contributed by atoms with E-state index in [1.165, 1.54) is 0 Å². The lowest BCUT2D eigenvalue weighted by molar-refractivity contribution is -0.160. The van der Waals surface area contributed by atoms with Crippen molar-refractivity contribution in [2.24, 2.45) is 11.8 Å². The number of carbonyl (C=O) groups excluding carboxylic acids is 4. The standard InChI is InChI=1S/C30H50N4O5/c1-19(2)25(18-21(5)28(36)34-17-11-15-24(34)30(38)39-22-12-10-13-22)33(7)29(37)26(20(3)4)31-27(35)23-14-8-9-16-32(23)6/h18-20,22-26H,8-17H2,1-7H3,(H,31,35)/b21-18+/t23?,24-,25+,26-/m0/s1. The van der Waals surface area contributed by atoms with Gasteiger partial charge in [-0.1, -0.05) is 40.2 Å². The summed E-state index contributed by atoms with van der Waals surface area (Å²) in [5, 5.41) is 3.04. The fourth-order valence-corrected chi connectivity index (χ4v) is 5.83. The molecule has 1 saturated carbocycles. The van der Waals surface area contributed by atoms with Crippen LogP contribution >= 0.6 is 0 Å². The molecule has 0 aromatic carbocycles. The topological polar surface area (TPSA) is 99.3 Å². The van der Waals surface area contributed by atoms with Crippen LogP contribution in [0.2, 0.25) is 0 Å². The summed E-state index contributed by atoms with van der Waals surface area (Å²) in [7, 11) is 3.70. The van der Waals surface area contributed by atoms with Crippen LogP contribution in [0.15, 0.2) is 11.6 Å². The first-order chi connectivity index (χ1) is 18.4. The number of nitrogens with one attached hydrogen (secondary N) is 1. The zero-order valence-electron chi connectivity index (χ0n) is 25.1. The summed E-state index contributed by atoms with van der Waals surface area (Å²) in [5.74, 6) is -0.824. The molecule has 39 heavy (non-hydrogen) atoms. The van der Waals surface area contributed by atoms with Gasteiger partial charge in [0.15, 0.2) is 0 Å². The summed E-state index contributed by atoms with van der Waals surface area (Å²) in [6.07, 6.45) is 8.96. The van der Waals surface area contributed by atoms with Crippen molar-refractivity contribution in [3.63, 3.8) is 0 Å². The molecule has 4 atom stereocenters. The minimum Gasteiger partial charge on any atom is -0.461 e. The highest BCUT2D eigenvalue weighted by Crippen LogP contribution is 2.27. The molecule has 0 spiro atoms. The number of piperidine rings is 1. The SMILES string of the molecule is C/C(=C\[C@H](C(C)C)N(C)C(=O)[C@@H](NC(=O)C1CCCCN1C)C(C)C)C(=O)N1CCC[C@H]1C(=O)OC1CCC1. The lowest BCUT2D eigenvalue weighted by Gasteiger charge is -2.36. The van der Waals surface area contributed by atoms with E-state index in [9.17, 15) is 19.2 Å². The summed E-state index contributed by atoms with van der Waals surface area (Å²) in [6.45, 7) is 11.0. The maximum Gasteiger partial charge on any atom is 0.329 e. The predicted molar refractivity (Wildman–Crippen MR) is 151 cm³/mol. The van der Waals surface area contributed by atoms with Crippen LogP contribution in [-0.4, -0.2) is 95.8 Å². The molecule has 9 nitrogen and oxygen atoms in total. The third-order valence-corrected chi connectivity index (χ3v) is 8.66. The molecule has 0 aromatic heterocycles. The average Bonchev–Trinajstić information content (AvgIpc) is 3.36. The van der Waals surface area contributed by atoms with E-state index in [0.717, 1.165) is 51.5 Å². The summed E-state index contributed by atoms with van der Waals surface area (Å²) in [6, 6.07) is -1.77. The molecule has 220 valence electrons. The normalized spacial score (nSPS) is 24.3. The van der Waals surface area contributed by atoms with Crippen molar-refractivity contribution in [2.45, 2.75) is 116 Å². The molecular formula is C30H50N4O5. The quantitative estimate of drug-likeness (QED) is 0.334. The molecule has 1 aliphatic carbocycles. The van der Waals surface area contributed by atoms with E-state index in [1.54, 1.807) is 23.8 Å². The number of carbonyl (C=O) groups is 4. The highest BCUT2D eigenvalue weighted by atomic mass is 16.5. The Labute approximate surface area is 234 Å². The van der Waals surface area contributed by atoms with Crippen LogP contribution < -0.4 is 5.32 Å². The van der Waals surface area contributed by atoms with E-state index in [1.807, 2.05) is 40.8 Å². The van der Waals surface area contributed by atoms with Gasteiger partial charge in [-0.05, 0) is 77.3 Å². The predicted octanol–water partition coefficient (Wildman–Crippen LogP) is 3.13. The largest absolute Gasteiger partial charge is 0.461 e. The Kier molecular flexibility index (Phi) is 11.0. The lowest BCUT2D eigenvalue weighted by Crippen LogP contribution is -2.57. The smallest absolute Gasteiger partial charge is 0.329 e. The van der Waals surface area contributed by atoms with Gasteiger partial charge in [-0.3, -0.25) is 19.3 Å². The van der Waals surface area contributed by atoms with Crippen LogP contribution in [0.1, 0.15) is 86.0 Å².